The Balaban J connectivity index is 1.63. The minimum absolute atomic E-state index is 0.0258. The zero-order valence-corrected chi connectivity index (χ0v) is 14.1. The molecule has 0 aliphatic heterocycles. The van der Waals surface area contributed by atoms with E-state index in [1.807, 2.05) is 0 Å². The Morgan fingerprint density at radius 3 is 2.45 bits per heavy atom. The molecule has 0 aromatic rings. The molecule has 3 N–H and O–H groups in total. The van der Waals surface area contributed by atoms with Gasteiger partial charge in [0, 0.05) is 6.04 Å². The molecule has 4 saturated carbocycles. The number of aliphatic hydroxyl groups is 1. The fourth-order valence-electron chi connectivity index (χ4n) is 7.24. The molecule has 0 saturated heterocycles. The number of halogens is 1. The van der Waals surface area contributed by atoms with Crippen LogP contribution in [0, 0.1) is 34.5 Å². The van der Waals surface area contributed by atoms with Crippen LogP contribution in [0.1, 0.15) is 65.2 Å². The molecule has 0 radical (unpaired) electrons. The number of fused-ring (bicyclic) bond motifs is 5. The van der Waals surface area contributed by atoms with Crippen molar-refractivity contribution in [2.45, 2.75) is 83.5 Å². The molecule has 0 heterocycles. The van der Waals surface area contributed by atoms with Crippen LogP contribution in [0.5, 0.6) is 0 Å². The van der Waals surface area contributed by atoms with Gasteiger partial charge in [0.1, 0.15) is 6.17 Å². The second kappa shape index (κ2) is 4.92. The van der Waals surface area contributed by atoms with Crippen molar-refractivity contribution in [3.8, 4) is 0 Å². The molecule has 4 aliphatic rings. The average Bonchev–Trinajstić information content (AvgIpc) is 2.72. The summed E-state index contributed by atoms with van der Waals surface area (Å²) in [7, 11) is 0. The molecular formula is C19H32FNO. The van der Waals surface area contributed by atoms with Gasteiger partial charge < -0.3 is 10.8 Å². The van der Waals surface area contributed by atoms with E-state index in [4.69, 9.17) is 5.73 Å². The second-order valence-corrected chi connectivity index (χ2v) is 9.41. The molecule has 2 nitrogen and oxygen atoms in total. The lowest BCUT2D eigenvalue weighted by Gasteiger charge is -2.60. The van der Waals surface area contributed by atoms with E-state index < -0.39 is 6.17 Å². The number of alkyl halides is 1. The SMILES string of the molecule is C[C@]12CC[C@H]3[C@@H](CCC4CC(O)CC[C@@]43C)[C@@H]1C[C@@H](F)[C@@H]2N. The lowest BCUT2D eigenvalue weighted by Crippen LogP contribution is -2.55. The van der Waals surface area contributed by atoms with E-state index in [2.05, 4.69) is 13.8 Å². The highest BCUT2D eigenvalue weighted by molar-refractivity contribution is 5.12. The van der Waals surface area contributed by atoms with Gasteiger partial charge in [-0.15, -0.1) is 0 Å². The van der Waals surface area contributed by atoms with Gasteiger partial charge in [-0.3, -0.25) is 0 Å². The van der Waals surface area contributed by atoms with Gasteiger partial charge in [-0.1, -0.05) is 13.8 Å². The summed E-state index contributed by atoms with van der Waals surface area (Å²) in [6, 6.07) is -0.253. The van der Waals surface area contributed by atoms with Gasteiger partial charge in [-0.05, 0) is 85.9 Å². The van der Waals surface area contributed by atoms with Crippen molar-refractivity contribution >= 4 is 0 Å². The molecule has 0 spiro atoms. The molecule has 126 valence electrons. The van der Waals surface area contributed by atoms with Gasteiger partial charge in [0.2, 0.25) is 0 Å². The van der Waals surface area contributed by atoms with Crippen LogP contribution in [0.2, 0.25) is 0 Å². The molecule has 0 bridgehead atoms. The van der Waals surface area contributed by atoms with Gasteiger partial charge in [0.05, 0.1) is 6.10 Å². The molecule has 0 aromatic heterocycles. The smallest absolute Gasteiger partial charge is 0.116 e. The van der Waals surface area contributed by atoms with Crippen LogP contribution in [0.25, 0.3) is 0 Å². The van der Waals surface area contributed by atoms with Crippen molar-refractivity contribution in [1.82, 2.24) is 0 Å². The quantitative estimate of drug-likeness (QED) is 0.717. The summed E-state index contributed by atoms with van der Waals surface area (Å²) < 4.78 is 14.3. The zero-order chi connectivity index (χ0) is 15.7. The molecule has 4 rings (SSSR count). The lowest BCUT2D eigenvalue weighted by molar-refractivity contribution is -0.122. The predicted molar refractivity (Wildman–Crippen MR) is 86.0 cm³/mol. The summed E-state index contributed by atoms with van der Waals surface area (Å²) in [4.78, 5) is 0. The van der Waals surface area contributed by atoms with E-state index >= 15 is 0 Å². The van der Waals surface area contributed by atoms with Crippen LogP contribution in [0.4, 0.5) is 4.39 Å². The van der Waals surface area contributed by atoms with E-state index in [9.17, 15) is 9.50 Å². The monoisotopic (exact) mass is 309 g/mol. The maximum absolute atomic E-state index is 14.3. The number of rotatable bonds is 0. The van der Waals surface area contributed by atoms with E-state index in [1.54, 1.807) is 0 Å². The van der Waals surface area contributed by atoms with Crippen molar-refractivity contribution < 1.29 is 9.50 Å². The van der Waals surface area contributed by atoms with Gasteiger partial charge in [0.25, 0.3) is 0 Å². The summed E-state index contributed by atoms with van der Waals surface area (Å²) in [6.45, 7) is 4.74. The summed E-state index contributed by atoms with van der Waals surface area (Å²) in [5, 5.41) is 10.1. The topological polar surface area (TPSA) is 46.2 Å². The maximum atomic E-state index is 14.3. The molecular weight excluding hydrogens is 277 g/mol. The first-order valence-electron chi connectivity index (χ1n) is 9.44. The number of nitrogens with two attached hydrogens (primary N) is 1. The molecule has 4 fully saturated rings. The first kappa shape index (κ1) is 15.4. The van der Waals surface area contributed by atoms with Gasteiger partial charge in [-0.2, -0.15) is 0 Å². The third kappa shape index (κ3) is 1.90. The third-order valence-corrected chi connectivity index (χ3v) is 8.71. The highest BCUT2D eigenvalue weighted by Crippen LogP contribution is 2.66. The zero-order valence-electron chi connectivity index (χ0n) is 14.1. The average molecular weight is 309 g/mol. The van der Waals surface area contributed by atoms with Crippen LogP contribution < -0.4 is 5.73 Å². The van der Waals surface area contributed by atoms with Crippen molar-refractivity contribution in [1.29, 1.82) is 0 Å². The Kier molecular flexibility index (Phi) is 3.44. The number of aliphatic hydroxyl groups excluding tert-OH is 1. The van der Waals surface area contributed by atoms with E-state index in [1.165, 1.54) is 19.3 Å². The normalized spacial score (nSPS) is 61.2. The summed E-state index contributed by atoms with van der Waals surface area (Å²) in [5.74, 6) is 2.57. The molecule has 22 heavy (non-hydrogen) atoms. The predicted octanol–water partition coefficient (Wildman–Crippen LogP) is 3.67. The molecule has 0 aromatic carbocycles. The van der Waals surface area contributed by atoms with Crippen molar-refractivity contribution in [2.24, 2.45) is 40.2 Å². The first-order valence-corrected chi connectivity index (χ1v) is 9.44. The molecule has 4 aliphatic carbocycles. The molecule has 9 atom stereocenters. The highest BCUT2D eigenvalue weighted by atomic mass is 19.1. The fraction of sp³-hybridized carbons (Fsp3) is 1.00. The largest absolute Gasteiger partial charge is 0.393 e. The summed E-state index contributed by atoms with van der Waals surface area (Å²) in [5.41, 5.74) is 6.67. The summed E-state index contributed by atoms with van der Waals surface area (Å²) >= 11 is 0. The van der Waals surface area contributed by atoms with Crippen LogP contribution in [-0.4, -0.2) is 23.4 Å². The molecule has 2 unspecified atom stereocenters. The molecule has 0 amide bonds. The first-order chi connectivity index (χ1) is 10.4. The lowest BCUT2D eigenvalue weighted by atomic mass is 9.45. The highest BCUT2D eigenvalue weighted by Gasteiger charge is 2.61. The van der Waals surface area contributed by atoms with Crippen LogP contribution in [0.3, 0.4) is 0 Å². The second-order valence-electron chi connectivity index (χ2n) is 9.41. The van der Waals surface area contributed by atoms with Gasteiger partial charge in [-0.25, -0.2) is 4.39 Å². The van der Waals surface area contributed by atoms with Crippen molar-refractivity contribution in [3.05, 3.63) is 0 Å². The van der Waals surface area contributed by atoms with E-state index in [0.29, 0.717) is 29.6 Å². The van der Waals surface area contributed by atoms with E-state index in [0.717, 1.165) is 31.6 Å². The minimum atomic E-state index is -0.799. The number of hydrogen-bond donors (Lipinski definition) is 2. The Labute approximate surface area is 134 Å². The van der Waals surface area contributed by atoms with Crippen LogP contribution in [0.15, 0.2) is 0 Å². The Morgan fingerprint density at radius 2 is 1.68 bits per heavy atom. The van der Waals surface area contributed by atoms with E-state index in [-0.39, 0.29) is 17.6 Å². The Bertz CT molecular complexity index is 457. The van der Waals surface area contributed by atoms with Crippen molar-refractivity contribution in [3.63, 3.8) is 0 Å². The van der Waals surface area contributed by atoms with Crippen molar-refractivity contribution in [2.75, 3.05) is 0 Å². The third-order valence-electron chi connectivity index (χ3n) is 8.71. The minimum Gasteiger partial charge on any atom is -0.393 e. The van der Waals surface area contributed by atoms with Gasteiger partial charge in [0.15, 0.2) is 0 Å². The maximum Gasteiger partial charge on any atom is 0.116 e. The fourth-order valence-corrected chi connectivity index (χ4v) is 7.24. The molecule has 3 heteroatoms. The van der Waals surface area contributed by atoms with Gasteiger partial charge >= 0.3 is 0 Å². The Morgan fingerprint density at radius 1 is 0.955 bits per heavy atom. The standard InChI is InChI=1S/C19H32FNO/c1-18-7-5-12(22)9-11(18)3-4-13-14(18)6-8-19(2)15(13)10-16(20)17(19)21/h11-17,22H,3-10,21H2,1-2H3/t11?,12?,13-,14+,15+,16-,17+,18+,19+/m1/s1. The number of hydrogen-bond acceptors (Lipinski definition) is 2. The van der Waals surface area contributed by atoms with Crippen LogP contribution in [-0.2, 0) is 0 Å². The van der Waals surface area contributed by atoms with Crippen LogP contribution >= 0.6 is 0 Å². The Hall–Kier alpha value is -0.150. The summed E-state index contributed by atoms with van der Waals surface area (Å²) in [6.07, 6.45) is 7.72.